The number of carbonyl (C=O) groups is 1. The Hall–Kier alpha value is -1.94. The predicted octanol–water partition coefficient (Wildman–Crippen LogP) is 2.46. The summed E-state index contributed by atoms with van der Waals surface area (Å²) < 4.78 is 14.7. The minimum atomic E-state index is -0.560. The lowest BCUT2D eigenvalue weighted by molar-refractivity contribution is 0.0538. The minimum absolute atomic E-state index is 0.136. The molecule has 1 amide bonds. The monoisotopic (exact) mass is 417 g/mol. The van der Waals surface area contributed by atoms with E-state index in [1.54, 1.807) is 6.07 Å². The van der Waals surface area contributed by atoms with E-state index in [2.05, 4.69) is 20.6 Å². The van der Waals surface area contributed by atoms with Crippen LogP contribution in [-0.2, 0) is 4.84 Å². The molecule has 0 unspecified atom stereocenters. The fourth-order valence-electron chi connectivity index (χ4n) is 1.85. The van der Waals surface area contributed by atoms with Gasteiger partial charge in [-0.1, -0.05) is 0 Å². The van der Waals surface area contributed by atoms with Gasteiger partial charge in [0.05, 0.1) is 24.0 Å². The Kier molecular flexibility index (Phi) is 5.14. The van der Waals surface area contributed by atoms with Crippen molar-refractivity contribution < 1.29 is 14.0 Å². The van der Waals surface area contributed by atoms with Crippen LogP contribution in [0, 0.1) is 16.3 Å². The van der Waals surface area contributed by atoms with Crippen molar-refractivity contribution in [2.24, 2.45) is 0 Å². The van der Waals surface area contributed by atoms with Crippen molar-refractivity contribution in [3.8, 4) is 0 Å². The molecule has 2 aromatic rings. The molecule has 3 N–H and O–H groups in total. The van der Waals surface area contributed by atoms with Gasteiger partial charge in [0.15, 0.2) is 0 Å². The second kappa shape index (κ2) is 6.88. The Labute approximate surface area is 139 Å². The van der Waals surface area contributed by atoms with Crippen LogP contribution in [0.2, 0.25) is 0 Å². The molecule has 8 heteroatoms. The standard InChI is InChI=1S/C14H13FIN3O3/c1-7-12(18-11-4-3-8(16)5-10(11)15)9(6-17-13(7)20)14(21)19-22-2/h3-6H,1-2H3,(H,19,21)(H2,17,18,20). The predicted molar refractivity (Wildman–Crippen MR) is 88.7 cm³/mol. The fraction of sp³-hybridized carbons (Fsp3) is 0.143. The Morgan fingerprint density at radius 3 is 2.77 bits per heavy atom. The molecule has 0 saturated heterocycles. The van der Waals surface area contributed by atoms with E-state index in [-0.39, 0.29) is 28.1 Å². The van der Waals surface area contributed by atoms with E-state index in [1.165, 1.54) is 32.4 Å². The molecule has 1 aromatic heterocycles. The summed E-state index contributed by atoms with van der Waals surface area (Å²) in [6.07, 6.45) is 1.25. The highest BCUT2D eigenvalue weighted by Crippen LogP contribution is 2.25. The summed E-state index contributed by atoms with van der Waals surface area (Å²) >= 11 is 1.99. The molecule has 1 heterocycles. The van der Waals surface area contributed by atoms with Gasteiger partial charge in [-0.2, -0.15) is 0 Å². The van der Waals surface area contributed by atoms with Gasteiger partial charge in [0.1, 0.15) is 5.82 Å². The fourth-order valence-corrected chi connectivity index (χ4v) is 2.30. The maximum Gasteiger partial charge on any atom is 0.278 e. The maximum absolute atomic E-state index is 14.0. The van der Waals surface area contributed by atoms with E-state index in [0.717, 1.165) is 3.57 Å². The third kappa shape index (κ3) is 3.45. The van der Waals surface area contributed by atoms with Crippen LogP contribution in [0.5, 0.6) is 0 Å². The molecule has 0 saturated carbocycles. The van der Waals surface area contributed by atoms with Gasteiger partial charge in [-0.05, 0) is 47.7 Å². The molecule has 0 atom stereocenters. The number of pyridine rings is 1. The molecule has 0 aliphatic rings. The van der Waals surface area contributed by atoms with Crippen molar-refractivity contribution >= 4 is 39.9 Å². The first-order valence-electron chi connectivity index (χ1n) is 6.21. The van der Waals surface area contributed by atoms with Crippen molar-refractivity contribution in [2.75, 3.05) is 12.4 Å². The van der Waals surface area contributed by atoms with Crippen LogP contribution in [-0.4, -0.2) is 18.0 Å². The molecule has 1 aromatic carbocycles. The second-order valence-corrected chi connectivity index (χ2v) is 5.66. The number of H-pyrrole nitrogens is 1. The van der Waals surface area contributed by atoms with Gasteiger partial charge in [-0.15, -0.1) is 0 Å². The molecule has 2 rings (SSSR count). The molecular weight excluding hydrogens is 404 g/mol. The van der Waals surface area contributed by atoms with Crippen LogP contribution >= 0.6 is 22.6 Å². The van der Waals surface area contributed by atoms with Gasteiger partial charge < -0.3 is 10.3 Å². The van der Waals surface area contributed by atoms with Gasteiger partial charge in [0.25, 0.3) is 11.5 Å². The first kappa shape index (κ1) is 16.4. The highest BCUT2D eigenvalue weighted by atomic mass is 127. The number of aromatic nitrogens is 1. The number of hydroxylamine groups is 1. The van der Waals surface area contributed by atoms with Crippen molar-refractivity contribution in [3.05, 3.63) is 55.3 Å². The zero-order valence-corrected chi connectivity index (χ0v) is 13.9. The van der Waals surface area contributed by atoms with Crippen LogP contribution < -0.4 is 16.4 Å². The van der Waals surface area contributed by atoms with Crippen LogP contribution in [0.1, 0.15) is 15.9 Å². The van der Waals surface area contributed by atoms with Gasteiger partial charge in [0.2, 0.25) is 0 Å². The molecule has 0 aliphatic carbocycles. The second-order valence-electron chi connectivity index (χ2n) is 4.42. The average molecular weight is 417 g/mol. The number of carbonyl (C=O) groups excluding carboxylic acids is 1. The summed E-state index contributed by atoms with van der Waals surface area (Å²) in [5, 5.41) is 2.80. The SMILES string of the molecule is CONC(=O)c1c[nH]c(=O)c(C)c1Nc1ccc(I)cc1F. The average Bonchev–Trinajstić information content (AvgIpc) is 2.46. The highest BCUT2D eigenvalue weighted by molar-refractivity contribution is 14.1. The summed E-state index contributed by atoms with van der Waals surface area (Å²) in [6, 6.07) is 4.60. The number of nitrogens with one attached hydrogen (secondary N) is 3. The van der Waals surface area contributed by atoms with E-state index < -0.39 is 11.7 Å². The van der Waals surface area contributed by atoms with Gasteiger partial charge in [-0.3, -0.25) is 14.4 Å². The van der Waals surface area contributed by atoms with Crippen molar-refractivity contribution in [3.63, 3.8) is 0 Å². The van der Waals surface area contributed by atoms with Gasteiger partial charge >= 0.3 is 0 Å². The summed E-state index contributed by atoms with van der Waals surface area (Å²) in [7, 11) is 1.29. The lowest BCUT2D eigenvalue weighted by Gasteiger charge is -2.14. The number of benzene rings is 1. The molecule has 22 heavy (non-hydrogen) atoms. The van der Waals surface area contributed by atoms with E-state index in [0.29, 0.717) is 0 Å². The summed E-state index contributed by atoms with van der Waals surface area (Å²) in [4.78, 5) is 30.7. The third-order valence-corrected chi connectivity index (χ3v) is 3.63. The molecule has 0 spiro atoms. The van der Waals surface area contributed by atoms with E-state index in [4.69, 9.17) is 0 Å². The van der Waals surface area contributed by atoms with Crippen molar-refractivity contribution in [2.45, 2.75) is 6.92 Å². The van der Waals surface area contributed by atoms with E-state index in [9.17, 15) is 14.0 Å². The van der Waals surface area contributed by atoms with Crippen LogP contribution in [0.3, 0.4) is 0 Å². The topological polar surface area (TPSA) is 83.2 Å². The lowest BCUT2D eigenvalue weighted by atomic mass is 10.1. The summed E-state index contributed by atoms with van der Waals surface area (Å²) in [5.74, 6) is -1.04. The molecule has 0 radical (unpaired) electrons. The molecule has 116 valence electrons. The minimum Gasteiger partial charge on any atom is -0.352 e. The third-order valence-electron chi connectivity index (χ3n) is 2.96. The first-order chi connectivity index (χ1) is 10.4. The van der Waals surface area contributed by atoms with Crippen LogP contribution in [0.25, 0.3) is 0 Å². The van der Waals surface area contributed by atoms with Gasteiger partial charge in [0, 0.05) is 15.3 Å². The van der Waals surface area contributed by atoms with Crippen LogP contribution in [0.4, 0.5) is 15.8 Å². The number of rotatable bonds is 4. The molecule has 0 aliphatic heterocycles. The molecule has 0 bridgehead atoms. The summed E-state index contributed by atoms with van der Waals surface area (Å²) in [6.45, 7) is 1.54. The van der Waals surface area contributed by atoms with E-state index in [1.807, 2.05) is 22.6 Å². The first-order valence-corrected chi connectivity index (χ1v) is 7.29. The Balaban J connectivity index is 2.50. The number of hydrogen-bond acceptors (Lipinski definition) is 4. The number of anilines is 2. The Bertz CT molecular complexity index is 776. The Morgan fingerprint density at radius 2 is 2.14 bits per heavy atom. The van der Waals surface area contributed by atoms with E-state index >= 15 is 0 Å². The number of aromatic amines is 1. The van der Waals surface area contributed by atoms with Gasteiger partial charge in [-0.25, -0.2) is 9.87 Å². The molecule has 6 nitrogen and oxygen atoms in total. The number of amides is 1. The largest absolute Gasteiger partial charge is 0.352 e. The smallest absolute Gasteiger partial charge is 0.278 e. The highest BCUT2D eigenvalue weighted by Gasteiger charge is 2.17. The zero-order valence-electron chi connectivity index (χ0n) is 11.8. The number of hydrogen-bond donors (Lipinski definition) is 3. The lowest BCUT2D eigenvalue weighted by Crippen LogP contribution is -2.25. The Morgan fingerprint density at radius 1 is 1.41 bits per heavy atom. The van der Waals surface area contributed by atoms with Crippen molar-refractivity contribution in [1.29, 1.82) is 0 Å². The number of halogens is 2. The maximum atomic E-state index is 14.0. The van der Waals surface area contributed by atoms with Crippen LogP contribution in [0.15, 0.2) is 29.2 Å². The molecule has 0 fully saturated rings. The quantitative estimate of drug-likeness (QED) is 0.528. The van der Waals surface area contributed by atoms with Crippen molar-refractivity contribution in [1.82, 2.24) is 10.5 Å². The summed E-state index contributed by atoms with van der Waals surface area (Å²) in [5.41, 5.74) is 2.58. The normalized spacial score (nSPS) is 10.4. The molecular formula is C14H13FIN3O3. The zero-order chi connectivity index (χ0) is 16.3.